The lowest BCUT2D eigenvalue weighted by atomic mass is 10.1. The molecule has 0 bridgehead atoms. The van der Waals surface area contributed by atoms with Crippen molar-refractivity contribution in [1.29, 1.82) is 0 Å². The molecule has 0 aliphatic carbocycles. The lowest BCUT2D eigenvalue weighted by Gasteiger charge is -2.20. The Hall–Kier alpha value is -1.14. The van der Waals surface area contributed by atoms with Crippen LogP contribution in [-0.2, 0) is 16.1 Å². The molecule has 1 aromatic heterocycles. The Kier molecular flexibility index (Phi) is 4.76. The highest BCUT2D eigenvalue weighted by molar-refractivity contribution is 7.07. The number of thiazole rings is 1. The van der Waals surface area contributed by atoms with Gasteiger partial charge < -0.3 is 14.6 Å². The van der Waals surface area contributed by atoms with Gasteiger partial charge in [0.25, 0.3) is 0 Å². The van der Waals surface area contributed by atoms with Crippen LogP contribution in [0.15, 0.2) is 10.2 Å². The summed E-state index contributed by atoms with van der Waals surface area (Å²) in [5.41, 5.74) is 0.912. The molecule has 1 aliphatic heterocycles. The quantitative estimate of drug-likeness (QED) is 0.886. The summed E-state index contributed by atoms with van der Waals surface area (Å²) in [6, 6.07) is 0.0373. The Bertz CT molecular complexity index is 488. The number of amides is 1. The molecule has 19 heavy (non-hydrogen) atoms. The van der Waals surface area contributed by atoms with Crippen LogP contribution in [0.5, 0.6) is 0 Å². The summed E-state index contributed by atoms with van der Waals surface area (Å²) in [6.07, 6.45) is 2.53. The van der Waals surface area contributed by atoms with Gasteiger partial charge in [-0.3, -0.25) is 9.59 Å². The number of hydrogen-bond donors (Lipinski definition) is 1. The third-order valence-corrected chi connectivity index (χ3v) is 4.33. The molecule has 1 aliphatic rings. The molecule has 0 aromatic carbocycles. The van der Waals surface area contributed by atoms with E-state index < -0.39 is 0 Å². The van der Waals surface area contributed by atoms with Crippen LogP contribution in [0.25, 0.3) is 0 Å². The van der Waals surface area contributed by atoms with Crippen LogP contribution in [0.2, 0.25) is 0 Å². The van der Waals surface area contributed by atoms with Gasteiger partial charge in [-0.15, -0.1) is 0 Å². The molecule has 0 radical (unpaired) electrons. The molecule has 0 unspecified atom stereocenters. The first-order valence-electron chi connectivity index (χ1n) is 6.64. The van der Waals surface area contributed by atoms with Gasteiger partial charge in [-0.25, -0.2) is 0 Å². The van der Waals surface area contributed by atoms with Gasteiger partial charge in [0.05, 0.1) is 12.1 Å². The van der Waals surface area contributed by atoms with E-state index in [2.05, 4.69) is 5.32 Å². The maximum atomic E-state index is 11.8. The molecule has 2 heterocycles. The Balaban J connectivity index is 1.80. The first-order chi connectivity index (χ1) is 9.08. The van der Waals surface area contributed by atoms with Crippen molar-refractivity contribution in [3.05, 3.63) is 20.7 Å². The molecule has 2 atom stereocenters. The minimum absolute atomic E-state index is 0.00234. The molecule has 0 spiro atoms. The molecule has 0 saturated carbocycles. The van der Waals surface area contributed by atoms with Crippen molar-refractivity contribution in [1.82, 2.24) is 9.88 Å². The van der Waals surface area contributed by atoms with Crippen molar-refractivity contribution in [3.8, 4) is 0 Å². The van der Waals surface area contributed by atoms with E-state index in [-0.39, 0.29) is 22.9 Å². The largest absolute Gasteiger partial charge is 0.376 e. The monoisotopic (exact) mass is 284 g/mol. The van der Waals surface area contributed by atoms with Gasteiger partial charge in [0.15, 0.2) is 0 Å². The summed E-state index contributed by atoms with van der Waals surface area (Å²) >= 11 is 1.17. The number of carbonyl (C=O) groups is 1. The Morgan fingerprint density at radius 2 is 2.47 bits per heavy atom. The number of rotatable bonds is 5. The summed E-state index contributed by atoms with van der Waals surface area (Å²) in [6.45, 7) is 5.08. The van der Waals surface area contributed by atoms with E-state index in [4.69, 9.17) is 4.74 Å². The Morgan fingerprint density at radius 1 is 1.68 bits per heavy atom. The van der Waals surface area contributed by atoms with Crippen molar-refractivity contribution in [2.24, 2.45) is 0 Å². The molecular weight excluding hydrogens is 264 g/mol. The topological polar surface area (TPSA) is 60.3 Å². The van der Waals surface area contributed by atoms with Crippen molar-refractivity contribution < 1.29 is 9.53 Å². The van der Waals surface area contributed by atoms with Gasteiger partial charge in [-0.05, 0) is 26.7 Å². The molecule has 1 amide bonds. The zero-order valence-corrected chi connectivity index (χ0v) is 12.2. The SMILES string of the molecule is Cc1csc(=O)n1CCC(=O)N[C@@H](C)[C@@H]1CCCO1. The fourth-order valence-electron chi connectivity index (χ4n) is 2.30. The fraction of sp³-hybridized carbons (Fsp3) is 0.692. The van der Waals surface area contributed by atoms with Crippen LogP contribution >= 0.6 is 11.3 Å². The highest BCUT2D eigenvalue weighted by atomic mass is 32.1. The highest BCUT2D eigenvalue weighted by Gasteiger charge is 2.23. The number of carbonyl (C=O) groups excluding carboxylic acids is 1. The standard InChI is InChI=1S/C13H20N2O3S/c1-9-8-19-13(17)15(9)6-5-12(16)14-10(2)11-4-3-7-18-11/h8,10-11H,3-7H2,1-2H3,(H,14,16)/t10-,11-/m0/s1. The van der Waals surface area contributed by atoms with Crippen LogP contribution in [0.1, 0.15) is 31.9 Å². The van der Waals surface area contributed by atoms with Crippen molar-refractivity contribution in [2.45, 2.75) is 51.8 Å². The van der Waals surface area contributed by atoms with Gasteiger partial charge in [-0.2, -0.15) is 0 Å². The van der Waals surface area contributed by atoms with Crippen LogP contribution in [0, 0.1) is 6.92 Å². The average Bonchev–Trinajstić information content (AvgIpc) is 2.98. The first kappa shape index (κ1) is 14.3. The number of hydrogen-bond acceptors (Lipinski definition) is 4. The van der Waals surface area contributed by atoms with E-state index >= 15 is 0 Å². The molecule has 2 rings (SSSR count). The third kappa shape index (κ3) is 3.67. The number of aryl methyl sites for hydroxylation is 1. The van der Waals surface area contributed by atoms with Crippen molar-refractivity contribution in [2.75, 3.05) is 6.61 Å². The summed E-state index contributed by atoms with van der Waals surface area (Å²) in [7, 11) is 0. The van der Waals surface area contributed by atoms with Crippen LogP contribution in [0.3, 0.4) is 0 Å². The highest BCUT2D eigenvalue weighted by Crippen LogP contribution is 2.15. The molecule has 106 valence electrons. The number of ether oxygens (including phenoxy) is 1. The number of nitrogens with one attached hydrogen (secondary N) is 1. The van der Waals surface area contributed by atoms with Crippen LogP contribution in [0.4, 0.5) is 0 Å². The smallest absolute Gasteiger partial charge is 0.307 e. The van der Waals surface area contributed by atoms with E-state index in [0.717, 1.165) is 25.1 Å². The van der Waals surface area contributed by atoms with Gasteiger partial charge in [0.1, 0.15) is 0 Å². The second-order valence-electron chi connectivity index (χ2n) is 4.95. The second-order valence-corrected chi connectivity index (χ2v) is 5.77. The minimum Gasteiger partial charge on any atom is -0.376 e. The van der Waals surface area contributed by atoms with Gasteiger partial charge in [0.2, 0.25) is 5.91 Å². The van der Waals surface area contributed by atoms with Crippen LogP contribution < -0.4 is 10.2 Å². The van der Waals surface area contributed by atoms with Crippen LogP contribution in [-0.4, -0.2) is 29.2 Å². The fourth-order valence-corrected chi connectivity index (χ4v) is 3.06. The van der Waals surface area contributed by atoms with Crippen molar-refractivity contribution in [3.63, 3.8) is 0 Å². The van der Waals surface area contributed by atoms with E-state index in [1.807, 2.05) is 19.2 Å². The molecule has 1 aromatic rings. The predicted molar refractivity (Wildman–Crippen MR) is 74.5 cm³/mol. The minimum atomic E-state index is -0.0273. The molecule has 1 N–H and O–H groups in total. The average molecular weight is 284 g/mol. The number of nitrogens with zero attached hydrogens (tertiary/aromatic N) is 1. The maximum absolute atomic E-state index is 11.8. The van der Waals surface area contributed by atoms with Gasteiger partial charge >= 0.3 is 4.87 Å². The van der Waals surface area contributed by atoms with E-state index in [0.29, 0.717) is 13.0 Å². The molecule has 1 saturated heterocycles. The number of aromatic nitrogens is 1. The summed E-state index contributed by atoms with van der Waals surface area (Å²) < 4.78 is 7.18. The molecule has 1 fully saturated rings. The van der Waals surface area contributed by atoms with E-state index in [1.54, 1.807) is 4.57 Å². The van der Waals surface area contributed by atoms with E-state index in [1.165, 1.54) is 11.3 Å². The molecule has 6 heteroatoms. The first-order valence-corrected chi connectivity index (χ1v) is 7.52. The molecule has 5 nitrogen and oxygen atoms in total. The van der Waals surface area contributed by atoms with Gasteiger partial charge in [-0.1, -0.05) is 11.3 Å². The Morgan fingerprint density at radius 3 is 3.05 bits per heavy atom. The lowest BCUT2D eigenvalue weighted by molar-refractivity contribution is -0.122. The summed E-state index contributed by atoms with van der Waals surface area (Å²) in [5, 5.41) is 4.76. The maximum Gasteiger partial charge on any atom is 0.307 e. The zero-order valence-electron chi connectivity index (χ0n) is 11.3. The lowest BCUT2D eigenvalue weighted by Crippen LogP contribution is -2.41. The van der Waals surface area contributed by atoms with E-state index in [9.17, 15) is 9.59 Å². The summed E-state index contributed by atoms with van der Waals surface area (Å²) in [4.78, 5) is 23.4. The second kappa shape index (κ2) is 6.34. The van der Waals surface area contributed by atoms with Gasteiger partial charge in [0, 0.05) is 30.6 Å². The Labute approximate surface area is 116 Å². The predicted octanol–water partition coefficient (Wildman–Crippen LogP) is 1.29. The third-order valence-electron chi connectivity index (χ3n) is 3.45. The molecular formula is C13H20N2O3S. The zero-order chi connectivity index (χ0) is 13.8. The normalized spacial score (nSPS) is 20.4. The van der Waals surface area contributed by atoms with Crippen molar-refractivity contribution >= 4 is 17.2 Å². The summed E-state index contributed by atoms with van der Waals surface area (Å²) in [5.74, 6) is -0.0273.